The molecule has 0 spiro atoms. The second-order valence-electron chi connectivity index (χ2n) is 6.29. The lowest BCUT2D eigenvalue weighted by atomic mass is 9.81. The average molecular weight is 319 g/mol. The van der Waals surface area contributed by atoms with Crippen molar-refractivity contribution in [1.29, 1.82) is 0 Å². The summed E-state index contributed by atoms with van der Waals surface area (Å²) in [6.45, 7) is 3.80. The fourth-order valence-electron chi connectivity index (χ4n) is 3.13. The number of aliphatic imine (C=N–C) groups is 1. The van der Waals surface area contributed by atoms with Gasteiger partial charge in [-0.05, 0) is 37.5 Å². The maximum Gasteiger partial charge on any atom is 0.168 e. The van der Waals surface area contributed by atoms with Crippen LogP contribution in [0.15, 0.2) is 70.9 Å². The van der Waals surface area contributed by atoms with Crippen molar-refractivity contribution in [2.45, 2.75) is 32.6 Å². The first kappa shape index (κ1) is 16.2. The molecule has 0 aromatic heterocycles. The van der Waals surface area contributed by atoms with Crippen LogP contribution < -0.4 is 0 Å². The van der Waals surface area contributed by atoms with E-state index in [9.17, 15) is 9.90 Å². The van der Waals surface area contributed by atoms with Crippen molar-refractivity contribution < 1.29 is 9.90 Å². The van der Waals surface area contributed by atoms with Crippen LogP contribution in [-0.2, 0) is 4.79 Å². The van der Waals surface area contributed by atoms with Crippen LogP contribution in [0.4, 0.5) is 5.69 Å². The summed E-state index contributed by atoms with van der Waals surface area (Å²) in [7, 11) is 0. The van der Waals surface area contributed by atoms with Crippen molar-refractivity contribution >= 4 is 17.2 Å². The molecular formula is C21H21NO2. The third kappa shape index (κ3) is 3.46. The molecule has 2 aromatic rings. The number of aryl methyl sites for hydroxylation is 1. The van der Waals surface area contributed by atoms with Crippen LogP contribution in [0.1, 0.15) is 36.8 Å². The van der Waals surface area contributed by atoms with Crippen molar-refractivity contribution in [3.05, 3.63) is 77.1 Å². The van der Waals surface area contributed by atoms with Gasteiger partial charge in [-0.15, -0.1) is 0 Å². The topological polar surface area (TPSA) is 49.7 Å². The van der Waals surface area contributed by atoms with Crippen LogP contribution >= 0.6 is 0 Å². The molecule has 122 valence electrons. The summed E-state index contributed by atoms with van der Waals surface area (Å²) >= 11 is 0. The molecule has 1 aliphatic rings. The molecule has 0 aliphatic heterocycles. The minimum absolute atomic E-state index is 0.0367. The van der Waals surface area contributed by atoms with E-state index >= 15 is 0 Å². The monoisotopic (exact) mass is 319 g/mol. The molecule has 0 amide bonds. The van der Waals surface area contributed by atoms with Gasteiger partial charge in [-0.1, -0.05) is 48.0 Å². The predicted octanol–water partition coefficient (Wildman–Crippen LogP) is 5.05. The van der Waals surface area contributed by atoms with Crippen molar-refractivity contribution in [3.63, 3.8) is 0 Å². The van der Waals surface area contributed by atoms with Gasteiger partial charge in [-0.2, -0.15) is 0 Å². The molecule has 0 saturated heterocycles. The average Bonchev–Trinajstić information content (AvgIpc) is 2.57. The number of nitrogens with zero attached hydrogens (tertiary/aromatic N) is 1. The van der Waals surface area contributed by atoms with Gasteiger partial charge in [0, 0.05) is 12.8 Å². The van der Waals surface area contributed by atoms with E-state index in [2.05, 4.69) is 4.99 Å². The lowest BCUT2D eigenvalue weighted by molar-refractivity contribution is -0.116. The lowest BCUT2D eigenvalue weighted by Crippen LogP contribution is -2.22. The van der Waals surface area contributed by atoms with Crippen LogP contribution in [0, 0.1) is 6.92 Å². The molecule has 1 unspecified atom stereocenters. The second kappa shape index (κ2) is 6.83. The summed E-state index contributed by atoms with van der Waals surface area (Å²) in [5.74, 6) is 0.143. The molecule has 1 aliphatic carbocycles. The number of allylic oxidation sites excluding steroid dienone is 2. The number of ketones is 1. The number of Topliss-reactive ketones (excluding diaryl/α,β-unsaturated/α-hetero) is 1. The normalized spacial score (nSPS) is 18.8. The SMILES string of the molecule is CC(=Nc1ccc(C)cc1)C1=C(O)CC(c2ccccc2)CC1=O. The van der Waals surface area contributed by atoms with Gasteiger partial charge in [-0.3, -0.25) is 9.79 Å². The minimum atomic E-state index is -0.0408. The minimum Gasteiger partial charge on any atom is -0.511 e. The summed E-state index contributed by atoms with van der Waals surface area (Å²) in [4.78, 5) is 17.1. The maximum absolute atomic E-state index is 12.6. The summed E-state index contributed by atoms with van der Waals surface area (Å²) in [6, 6.07) is 17.7. The molecule has 3 rings (SSSR count). The maximum atomic E-state index is 12.6. The Morgan fingerprint density at radius 1 is 1.04 bits per heavy atom. The predicted molar refractivity (Wildman–Crippen MR) is 97.0 cm³/mol. The fraction of sp³-hybridized carbons (Fsp3) is 0.238. The van der Waals surface area contributed by atoms with Gasteiger partial charge >= 0.3 is 0 Å². The molecule has 0 fully saturated rings. The summed E-state index contributed by atoms with van der Waals surface area (Å²) in [5.41, 5.74) is 3.99. The number of carbonyl (C=O) groups excluding carboxylic acids is 1. The highest BCUT2D eigenvalue weighted by atomic mass is 16.3. The number of aliphatic hydroxyl groups excluding tert-OH is 1. The van der Waals surface area contributed by atoms with Gasteiger partial charge in [0.25, 0.3) is 0 Å². The van der Waals surface area contributed by atoms with Gasteiger partial charge < -0.3 is 5.11 Å². The third-order valence-corrected chi connectivity index (χ3v) is 4.40. The van der Waals surface area contributed by atoms with E-state index in [0.717, 1.165) is 16.8 Å². The zero-order valence-electron chi connectivity index (χ0n) is 14.0. The van der Waals surface area contributed by atoms with Gasteiger partial charge in [-0.25, -0.2) is 0 Å². The van der Waals surface area contributed by atoms with Gasteiger partial charge in [0.1, 0.15) is 5.76 Å². The lowest BCUT2D eigenvalue weighted by Gasteiger charge is -2.23. The fourth-order valence-corrected chi connectivity index (χ4v) is 3.13. The number of hydrogen-bond donors (Lipinski definition) is 1. The summed E-state index contributed by atoms with van der Waals surface area (Å²) in [5, 5.41) is 10.4. The standard InChI is InChI=1S/C21H21NO2/c1-14-8-10-18(11-9-14)22-15(2)21-19(23)12-17(13-20(21)24)16-6-4-3-5-7-16/h3-11,17,23H,12-13H2,1-2H3. The van der Waals surface area contributed by atoms with Gasteiger partial charge in [0.2, 0.25) is 0 Å². The van der Waals surface area contributed by atoms with Crippen LogP contribution in [-0.4, -0.2) is 16.6 Å². The van der Waals surface area contributed by atoms with Gasteiger partial charge in [0.15, 0.2) is 5.78 Å². The van der Waals surface area contributed by atoms with E-state index < -0.39 is 0 Å². The number of carbonyl (C=O) groups is 1. The van der Waals surface area contributed by atoms with Crippen molar-refractivity contribution in [2.75, 3.05) is 0 Å². The molecule has 24 heavy (non-hydrogen) atoms. The Labute approximate surface area is 142 Å². The Morgan fingerprint density at radius 2 is 1.71 bits per heavy atom. The molecule has 0 bridgehead atoms. The Hall–Kier alpha value is -2.68. The van der Waals surface area contributed by atoms with Crippen LogP contribution in [0.3, 0.4) is 0 Å². The van der Waals surface area contributed by atoms with Crippen LogP contribution in [0.2, 0.25) is 0 Å². The molecule has 3 nitrogen and oxygen atoms in total. The van der Waals surface area contributed by atoms with E-state index in [-0.39, 0.29) is 17.5 Å². The first-order valence-corrected chi connectivity index (χ1v) is 8.17. The number of rotatable bonds is 3. The number of benzene rings is 2. The molecule has 0 heterocycles. The third-order valence-electron chi connectivity index (χ3n) is 4.40. The van der Waals surface area contributed by atoms with E-state index in [0.29, 0.717) is 24.1 Å². The van der Waals surface area contributed by atoms with E-state index in [1.165, 1.54) is 0 Å². The summed E-state index contributed by atoms with van der Waals surface area (Å²) < 4.78 is 0. The number of hydrogen-bond acceptors (Lipinski definition) is 3. The zero-order chi connectivity index (χ0) is 17.1. The Balaban J connectivity index is 1.87. The van der Waals surface area contributed by atoms with Crippen molar-refractivity contribution in [3.8, 4) is 0 Å². The molecular weight excluding hydrogens is 298 g/mol. The highest BCUT2D eigenvalue weighted by Crippen LogP contribution is 2.34. The molecule has 1 N–H and O–H groups in total. The van der Waals surface area contributed by atoms with Crippen LogP contribution in [0.5, 0.6) is 0 Å². The summed E-state index contributed by atoms with van der Waals surface area (Å²) in [6.07, 6.45) is 0.885. The van der Waals surface area contributed by atoms with E-state index in [4.69, 9.17) is 0 Å². The van der Waals surface area contributed by atoms with E-state index in [1.807, 2.05) is 61.5 Å². The highest BCUT2D eigenvalue weighted by Gasteiger charge is 2.29. The van der Waals surface area contributed by atoms with Crippen molar-refractivity contribution in [2.24, 2.45) is 4.99 Å². The molecule has 2 aromatic carbocycles. The smallest absolute Gasteiger partial charge is 0.168 e. The Morgan fingerprint density at radius 3 is 2.33 bits per heavy atom. The highest BCUT2D eigenvalue weighted by molar-refractivity contribution is 6.23. The van der Waals surface area contributed by atoms with Crippen LogP contribution in [0.25, 0.3) is 0 Å². The zero-order valence-corrected chi connectivity index (χ0v) is 14.0. The quantitative estimate of drug-likeness (QED) is 0.805. The molecule has 0 saturated carbocycles. The second-order valence-corrected chi connectivity index (χ2v) is 6.29. The first-order valence-electron chi connectivity index (χ1n) is 8.17. The molecule has 1 atom stereocenters. The Bertz CT molecular complexity index is 801. The Kier molecular flexibility index (Phi) is 4.61. The van der Waals surface area contributed by atoms with E-state index in [1.54, 1.807) is 6.92 Å². The number of aliphatic hydroxyl groups is 1. The first-order chi connectivity index (χ1) is 11.5. The molecule has 0 radical (unpaired) electrons. The molecule has 3 heteroatoms. The van der Waals surface area contributed by atoms with Gasteiger partial charge in [0.05, 0.1) is 17.0 Å². The largest absolute Gasteiger partial charge is 0.511 e. The van der Waals surface area contributed by atoms with Crippen molar-refractivity contribution in [1.82, 2.24) is 0 Å².